The lowest BCUT2D eigenvalue weighted by molar-refractivity contribution is 0.0270. The lowest BCUT2D eigenvalue weighted by Gasteiger charge is -2.11. The summed E-state index contributed by atoms with van der Waals surface area (Å²) in [6, 6.07) is 0. The van der Waals surface area contributed by atoms with Gasteiger partial charge in [0.25, 0.3) is 0 Å². The Kier molecular flexibility index (Phi) is 5.57. The van der Waals surface area contributed by atoms with Crippen LogP contribution in [0.3, 0.4) is 0 Å². The molecule has 0 aromatic rings. The molecular formula is C7H12O3. The summed E-state index contributed by atoms with van der Waals surface area (Å²) in [4.78, 5) is 0. The van der Waals surface area contributed by atoms with Crippen molar-refractivity contribution in [2.75, 3.05) is 13.2 Å². The highest BCUT2D eigenvalue weighted by molar-refractivity contribution is 4.62. The van der Waals surface area contributed by atoms with Gasteiger partial charge in [0.2, 0.25) is 0 Å². The van der Waals surface area contributed by atoms with Crippen LogP contribution in [-0.4, -0.2) is 24.4 Å². The third-order valence-corrected chi connectivity index (χ3v) is 0.892. The first-order valence-corrected chi connectivity index (χ1v) is 2.95. The molecule has 0 fully saturated rings. The summed E-state index contributed by atoms with van der Waals surface area (Å²) in [6.45, 7) is 6.90. The van der Waals surface area contributed by atoms with Crippen molar-refractivity contribution in [3.8, 4) is 0 Å². The number of hydrogen-bond donors (Lipinski definition) is 1. The maximum Gasteiger partial charge on any atom is 0.154 e. The van der Waals surface area contributed by atoms with Gasteiger partial charge in [-0.3, -0.25) is 0 Å². The number of rotatable bonds is 6. The summed E-state index contributed by atoms with van der Waals surface area (Å²) < 4.78 is 9.60. The summed E-state index contributed by atoms with van der Waals surface area (Å²) in [6.07, 6.45) is 2.23. The van der Waals surface area contributed by atoms with Gasteiger partial charge in [-0.1, -0.05) is 13.2 Å². The van der Waals surface area contributed by atoms with Crippen LogP contribution >= 0.6 is 0 Å². The van der Waals surface area contributed by atoms with Crippen LogP contribution in [0.4, 0.5) is 0 Å². The van der Waals surface area contributed by atoms with Gasteiger partial charge < -0.3 is 14.6 Å². The van der Waals surface area contributed by atoms with Crippen molar-refractivity contribution in [2.24, 2.45) is 0 Å². The lowest BCUT2D eigenvalue weighted by atomic mass is 10.4. The molecule has 0 rings (SSSR count). The van der Waals surface area contributed by atoms with E-state index in [4.69, 9.17) is 14.6 Å². The summed E-state index contributed by atoms with van der Waals surface area (Å²) in [5.74, 6) is 0. The summed E-state index contributed by atoms with van der Waals surface area (Å²) in [5, 5.41) is 8.60. The fraction of sp³-hybridized carbons (Fsp3) is 0.429. The van der Waals surface area contributed by atoms with Crippen LogP contribution in [-0.2, 0) is 9.47 Å². The molecule has 0 aromatic heterocycles. The molecule has 10 heavy (non-hydrogen) atoms. The summed E-state index contributed by atoms with van der Waals surface area (Å²) >= 11 is 0. The topological polar surface area (TPSA) is 38.7 Å². The van der Waals surface area contributed by atoms with Gasteiger partial charge >= 0.3 is 0 Å². The Labute approximate surface area is 60.6 Å². The lowest BCUT2D eigenvalue weighted by Crippen LogP contribution is -2.20. The molecule has 0 spiro atoms. The molecule has 3 heteroatoms. The van der Waals surface area contributed by atoms with Crippen molar-refractivity contribution in [3.05, 3.63) is 25.7 Å². The zero-order valence-electron chi connectivity index (χ0n) is 5.82. The Morgan fingerprint density at radius 2 is 2.10 bits per heavy atom. The molecule has 0 amide bonds. The van der Waals surface area contributed by atoms with Crippen LogP contribution in [0.1, 0.15) is 0 Å². The largest absolute Gasteiger partial charge is 0.498 e. The molecular weight excluding hydrogens is 132 g/mol. The first-order valence-electron chi connectivity index (χ1n) is 2.95. The quantitative estimate of drug-likeness (QED) is 0.557. The van der Waals surface area contributed by atoms with E-state index in [9.17, 15) is 0 Å². The Bertz CT molecular complexity index is 101. The van der Waals surface area contributed by atoms with E-state index in [1.807, 2.05) is 0 Å². The molecule has 0 aromatic carbocycles. The fourth-order valence-electron chi connectivity index (χ4n) is 0.446. The molecule has 1 N–H and O–H groups in total. The second-order valence-electron chi connectivity index (χ2n) is 1.61. The molecule has 3 nitrogen and oxygen atoms in total. The zero-order valence-corrected chi connectivity index (χ0v) is 5.82. The molecule has 0 bridgehead atoms. The summed E-state index contributed by atoms with van der Waals surface area (Å²) in [5.41, 5.74) is 0. The van der Waals surface area contributed by atoms with Crippen molar-refractivity contribution >= 4 is 0 Å². The van der Waals surface area contributed by atoms with Gasteiger partial charge in [0.05, 0.1) is 19.1 Å². The second-order valence-corrected chi connectivity index (χ2v) is 1.61. The van der Waals surface area contributed by atoms with E-state index in [1.54, 1.807) is 0 Å². The van der Waals surface area contributed by atoms with E-state index >= 15 is 0 Å². The molecule has 0 radical (unpaired) electrons. The van der Waals surface area contributed by atoms with Crippen LogP contribution in [0.25, 0.3) is 0 Å². The van der Waals surface area contributed by atoms with Crippen LogP contribution in [0, 0.1) is 0 Å². The third-order valence-electron chi connectivity index (χ3n) is 0.892. The van der Waals surface area contributed by atoms with Gasteiger partial charge in [0, 0.05) is 0 Å². The minimum absolute atomic E-state index is 0.0835. The SMILES string of the molecule is C=COCC(CO)OC=C. The number of aliphatic hydroxyl groups is 1. The first kappa shape index (κ1) is 9.04. The number of aliphatic hydroxyl groups excluding tert-OH is 1. The van der Waals surface area contributed by atoms with E-state index in [0.717, 1.165) is 0 Å². The molecule has 1 atom stereocenters. The van der Waals surface area contributed by atoms with E-state index in [2.05, 4.69) is 13.2 Å². The van der Waals surface area contributed by atoms with Crippen molar-refractivity contribution in [1.29, 1.82) is 0 Å². The van der Waals surface area contributed by atoms with Crippen LogP contribution in [0.2, 0.25) is 0 Å². The fourth-order valence-corrected chi connectivity index (χ4v) is 0.446. The van der Waals surface area contributed by atoms with Crippen LogP contribution in [0.5, 0.6) is 0 Å². The normalized spacial score (nSPS) is 11.7. The van der Waals surface area contributed by atoms with Crippen molar-refractivity contribution in [3.63, 3.8) is 0 Å². The number of ether oxygens (including phenoxy) is 2. The predicted molar refractivity (Wildman–Crippen MR) is 38.3 cm³/mol. The zero-order chi connectivity index (χ0) is 7.82. The van der Waals surface area contributed by atoms with Crippen LogP contribution in [0.15, 0.2) is 25.7 Å². The first-order chi connectivity index (χ1) is 4.85. The molecule has 1 unspecified atom stereocenters. The number of hydrogen-bond acceptors (Lipinski definition) is 3. The van der Waals surface area contributed by atoms with Crippen molar-refractivity contribution in [2.45, 2.75) is 6.10 Å². The van der Waals surface area contributed by atoms with E-state index in [0.29, 0.717) is 6.61 Å². The highest BCUT2D eigenvalue weighted by Gasteiger charge is 2.04. The van der Waals surface area contributed by atoms with Gasteiger partial charge in [-0.2, -0.15) is 0 Å². The van der Waals surface area contributed by atoms with E-state index in [-0.39, 0.29) is 12.7 Å². The summed E-state index contributed by atoms with van der Waals surface area (Å²) in [7, 11) is 0. The molecule has 0 aliphatic heterocycles. The maximum absolute atomic E-state index is 8.60. The van der Waals surface area contributed by atoms with Crippen molar-refractivity contribution < 1.29 is 14.6 Å². The van der Waals surface area contributed by atoms with Crippen LogP contribution < -0.4 is 0 Å². The van der Waals surface area contributed by atoms with Gasteiger partial charge in [-0.15, -0.1) is 0 Å². The average molecular weight is 144 g/mol. The smallest absolute Gasteiger partial charge is 0.154 e. The van der Waals surface area contributed by atoms with Gasteiger partial charge in [-0.25, -0.2) is 0 Å². The highest BCUT2D eigenvalue weighted by Crippen LogP contribution is 1.92. The molecule has 0 heterocycles. The Morgan fingerprint density at radius 3 is 2.50 bits per heavy atom. The Hall–Kier alpha value is -0.960. The molecule has 0 aliphatic carbocycles. The second kappa shape index (κ2) is 6.16. The molecule has 58 valence electrons. The predicted octanol–water partition coefficient (Wildman–Crippen LogP) is 0.667. The Morgan fingerprint density at radius 1 is 1.40 bits per heavy atom. The van der Waals surface area contributed by atoms with E-state index in [1.165, 1.54) is 12.5 Å². The minimum atomic E-state index is -0.338. The van der Waals surface area contributed by atoms with Crippen molar-refractivity contribution in [1.82, 2.24) is 0 Å². The van der Waals surface area contributed by atoms with Gasteiger partial charge in [0.1, 0.15) is 6.61 Å². The monoisotopic (exact) mass is 144 g/mol. The molecule has 0 aliphatic rings. The van der Waals surface area contributed by atoms with E-state index < -0.39 is 0 Å². The molecule has 0 saturated carbocycles. The maximum atomic E-state index is 8.60. The molecule has 0 saturated heterocycles. The average Bonchev–Trinajstić information content (AvgIpc) is 1.98. The highest BCUT2D eigenvalue weighted by atomic mass is 16.5. The van der Waals surface area contributed by atoms with Gasteiger partial charge in [0.15, 0.2) is 6.10 Å². The van der Waals surface area contributed by atoms with Gasteiger partial charge in [-0.05, 0) is 0 Å². The standard InChI is InChI=1S/C7H12O3/c1-3-9-6-7(5-8)10-4-2/h3-4,7-8H,1-2,5-6H2. The Balaban J connectivity index is 3.38. The minimum Gasteiger partial charge on any atom is -0.498 e. The third kappa shape index (κ3) is 3.97.